The minimum atomic E-state index is -0.763. The van der Waals surface area contributed by atoms with Gasteiger partial charge in [-0.05, 0) is 12.1 Å². The molecule has 1 aromatic rings. The van der Waals surface area contributed by atoms with E-state index in [0.717, 1.165) is 0 Å². The van der Waals surface area contributed by atoms with Crippen molar-refractivity contribution in [2.45, 2.75) is 6.10 Å². The van der Waals surface area contributed by atoms with E-state index in [1.54, 1.807) is 0 Å². The van der Waals surface area contributed by atoms with Crippen molar-refractivity contribution in [2.24, 2.45) is 0 Å². The molecule has 1 aromatic carbocycles. The van der Waals surface area contributed by atoms with Crippen molar-refractivity contribution in [1.29, 1.82) is 0 Å². The predicted molar refractivity (Wildman–Crippen MR) is 61.6 cm³/mol. The number of aliphatic hydroxyl groups is 1. The average Bonchev–Trinajstić information content (AvgIpc) is 2.23. The molecule has 1 atom stereocenters. The van der Waals surface area contributed by atoms with Crippen molar-refractivity contribution >= 4 is 40.5 Å². The van der Waals surface area contributed by atoms with Crippen LogP contribution < -0.4 is 5.32 Å². The van der Waals surface area contributed by atoms with Crippen LogP contribution in [0.4, 0.5) is 10.1 Å². The van der Waals surface area contributed by atoms with Gasteiger partial charge >= 0.3 is 0 Å². The highest BCUT2D eigenvalue weighted by Gasteiger charge is 2.11. The lowest BCUT2D eigenvalue weighted by Gasteiger charge is -2.12. The van der Waals surface area contributed by atoms with E-state index in [2.05, 4.69) is 5.32 Å². The molecule has 2 nitrogen and oxygen atoms in total. The van der Waals surface area contributed by atoms with E-state index in [0.29, 0.717) is 0 Å². The smallest absolute Gasteiger partial charge is 0.147 e. The quantitative estimate of drug-likeness (QED) is 0.652. The molecule has 0 saturated carbocycles. The summed E-state index contributed by atoms with van der Waals surface area (Å²) >= 11 is 16.9. The van der Waals surface area contributed by atoms with E-state index in [1.807, 2.05) is 0 Å². The fourth-order valence-electron chi connectivity index (χ4n) is 0.964. The number of hydrogen-bond acceptors (Lipinski definition) is 2. The van der Waals surface area contributed by atoms with Crippen molar-refractivity contribution in [3.63, 3.8) is 0 Å². The van der Waals surface area contributed by atoms with Gasteiger partial charge < -0.3 is 10.4 Å². The standard InChI is InChI=1S/C9H9Cl3FNO/c10-3-5(15)4-14-9-7(13)2-1-6(11)8(9)12/h1-2,5,14-15H,3-4H2. The summed E-state index contributed by atoms with van der Waals surface area (Å²) in [5.41, 5.74) is 0.0772. The molecular weight excluding hydrogens is 263 g/mol. The van der Waals surface area contributed by atoms with Crippen LogP contribution in [0, 0.1) is 5.82 Å². The molecule has 0 heterocycles. The zero-order chi connectivity index (χ0) is 11.4. The van der Waals surface area contributed by atoms with Crippen molar-refractivity contribution < 1.29 is 9.50 Å². The van der Waals surface area contributed by atoms with Crippen molar-refractivity contribution in [3.8, 4) is 0 Å². The first-order valence-electron chi connectivity index (χ1n) is 4.17. The van der Waals surface area contributed by atoms with Crippen LogP contribution in [0.15, 0.2) is 12.1 Å². The normalized spacial score (nSPS) is 12.6. The SMILES string of the molecule is OC(CCl)CNc1c(F)ccc(Cl)c1Cl. The summed E-state index contributed by atoms with van der Waals surface area (Å²) in [7, 11) is 0. The predicted octanol–water partition coefficient (Wildman–Crippen LogP) is 3.14. The molecule has 2 N–H and O–H groups in total. The first-order valence-corrected chi connectivity index (χ1v) is 5.46. The molecule has 0 radical (unpaired) electrons. The molecule has 84 valence electrons. The van der Waals surface area contributed by atoms with Gasteiger partial charge in [0.1, 0.15) is 5.82 Å². The van der Waals surface area contributed by atoms with Gasteiger partial charge in [0.15, 0.2) is 0 Å². The van der Waals surface area contributed by atoms with Gasteiger partial charge in [-0.15, -0.1) is 11.6 Å². The molecule has 0 spiro atoms. The van der Waals surface area contributed by atoms with Gasteiger partial charge in [0, 0.05) is 6.54 Å². The van der Waals surface area contributed by atoms with E-state index >= 15 is 0 Å². The first-order chi connectivity index (χ1) is 7.06. The topological polar surface area (TPSA) is 32.3 Å². The number of rotatable bonds is 4. The number of nitrogens with one attached hydrogen (secondary N) is 1. The maximum atomic E-state index is 13.3. The van der Waals surface area contributed by atoms with Gasteiger partial charge in [0.2, 0.25) is 0 Å². The lowest BCUT2D eigenvalue weighted by atomic mass is 10.3. The Labute approximate surface area is 102 Å². The molecule has 0 aliphatic heterocycles. The third kappa shape index (κ3) is 3.38. The Kier molecular flexibility index (Phi) is 4.93. The van der Waals surface area contributed by atoms with E-state index in [4.69, 9.17) is 34.8 Å². The molecule has 1 rings (SSSR count). The number of aliphatic hydroxyl groups excluding tert-OH is 1. The molecule has 0 amide bonds. The summed E-state index contributed by atoms with van der Waals surface area (Å²) in [5.74, 6) is -0.460. The second kappa shape index (κ2) is 5.75. The lowest BCUT2D eigenvalue weighted by molar-refractivity contribution is 0.211. The van der Waals surface area contributed by atoms with Crippen LogP contribution in [0.25, 0.3) is 0 Å². The van der Waals surface area contributed by atoms with Gasteiger partial charge in [-0.3, -0.25) is 0 Å². The molecule has 0 aliphatic rings. The van der Waals surface area contributed by atoms with Crippen LogP contribution in [-0.2, 0) is 0 Å². The minimum absolute atomic E-state index is 0.0623. The number of anilines is 1. The summed E-state index contributed by atoms with van der Waals surface area (Å²) in [6.07, 6.45) is -0.763. The molecular formula is C9H9Cl3FNO. The summed E-state index contributed by atoms with van der Waals surface area (Å²) in [6, 6.07) is 2.56. The summed E-state index contributed by atoms with van der Waals surface area (Å²) in [4.78, 5) is 0. The fraction of sp³-hybridized carbons (Fsp3) is 0.333. The van der Waals surface area contributed by atoms with Crippen LogP contribution in [0.2, 0.25) is 10.0 Å². The van der Waals surface area contributed by atoms with Crippen LogP contribution >= 0.6 is 34.8 Å². The Balaban J connectivity index is 2.80. The first kappa shape index (κ1) is 12.8. The van der Waals surface area contributed by atoms with Crippen molar-refractivity contribution in [1.82, 2.24) is 0 Å². The maximum absolute atomic E-state index is 13.3. The molecule has 0 aliphatic carbocycles. The molecule has 0 saturated heterocycles. The summed E-state index contributed by atoms with van der Waals surface area (Å²) in [6.45, 7) is 0.112. The van der Waals surface area contributed by atoms with Gasteiger partial charge in [-0.1, -0.05) is 23.2 Å². The van der Waals surface area contributed by atoms with Crippen LogP contribution in [-0.4, -0.2) is 23.6 Å². The number of benzene rings is 1. The van der Waals surface area contributed by atoms with Crippen molar-refractivity contribution in [3.05, 3.63) is 28.0 Å². The lowest BCUT2D eigenvalue weighted by Crippen LogP contribution is -2.21. The Bertz CT molecular complexity index is 348. The Morgan fingerprint density at radius 1 is 1.40 bits per heavy atom. The highest BCUT2D eigenvalue weighted by Crippen LogP contribution is 2.32. The number of hydrogen-bond donors (Lipinski definition) is 2. The Hall–Kier alpha value is -0.220. The van der Waals surface area contributed by atoms with E-state index in [9.17, 15) is 9.50 Å². The number of halogens is 4. The molecule has 6 heteroatoms. The monoisotopic (exact) mass is 271 g/mol. The van der Waals surface area contributed by atoms with Gasteiger partial charge in [-0.2, -0.15) is 0 Å². The third-order valence-corrected chi connectivity index (χ3v) is 2.90. The van der Waals surface area contributed by atoms with Crippen LogP contribution in [0.1, 0.15) is 0 Å². The molecule has 0 aromatic heterocycles. The summed E-state index contributed by atoms with van der Waals surface area (Å²) in [5, 5.41) is 12.2. The van der Waals surface area contributed by atoms with Crippen LogP contribution in [0.3, 0.4) is 0 Å². The Morgan fingerprint density at radius 2 is 2.07 bits per heavy atom. The molecule has 0 bridgehead atoms. The largest absolute Gasteiger partial charge is 0.390 e. The zero-order valence-electron chi connectivity index (χ0n) is 7.61. The highest BCUT2D eigenvalue weighted by atomic mass is 35.5. The van der Waals surface area contributed by atoms with E-state index in [1.165, 1.54) is 12.1 Å². The summed E-state index contributed by atoms with van der Waals surface area (Å²) < 4.78 is 13.3. The maximum Gasteiger partial charge on any atom is 0.147 e. The van der Waals surface area contributed by atoms with E-state index < -0.39 is 11.9 Å². The second-order valence-corrected chi connectivity index (χ2v) is 4.00. The van der Waals surface area contributed by atoms with Crippen LogP contribution in [0.5, 0.6) is 0 Å². The van der Waals surface area contributed by atoms with Gasteiger partial charge in [0.25, 0.3) is 0 Å². The number of alkyl halides is 1. The zero-order valence-corrected chi connectivity index (χ0v) is 9.87. The average molecular weight is 273 g/mol. The Morgan fingerprint density at radius 3 is 2.67 bits per heavy atom. The van der Waals surface area contributed by atoms with E-state index in [-0.39, 0.29) is 28.2 Å². The highest BCUT2D eigenvalue weighted by molar-refractivity contribution is 6.43. The van der Waals surface area contributed by atoms with Gasteiger partial charge in [-0.25, -0.2) is 4.39 Å². The fourth-order valence-corrected chi connectivity index (χ4v) is 1.45. The molecule has 1 unspecified atom stereocenters. The minimum Gasteiger partial charge on any atom is -0.390 e. The molecule has 15 heavy (non-hydrogen) atoms. The van der Waals surface area contributed by atoms with Crippen molar-refractivity contribution in [2.75, 3.05) is 17.7 Å². The second-order valence-electron chi connectivity index (χ2n) is 2.91. The third-order valence-electron chi connectivity index (χ3n) is 1.74. The van der Waals surface area contributed by atoms with Gasteiger partial charge in [0.05, 0.1) is 27.7 Å². The molecule has 0 fully saturated rings.